The Balaban J connectivity index is 2.37. The Morgan fingerprint density at radius 2 is 2.22 bits per heavy atom. The number of aromatic amines is 1. The van der Waals surface area contributed by atoms with E-state index in [0.717, 1.165) is 4.90 Å². The van der Waals surface area contributed by atoms with Crippen molar-refractivity contribution in [2.24, 2.45) is 0 Å². The number of nitrogens with zero attached hydrogens (tertiary/aromatic N) is 2. The molecule has 1 aromatic carbocycles. The van der Waals surface area contributed by atoms with E-state index in [9.17, 15) is 23.7 Å². The number of nitrogens with one attached hydrogen (secondary N) is 1. The molecular formula is C14H15F2N3O4. The normalized spacial score (nSPS) is 11.1. The van der Waals surface area contributed by atoms with Crippen LogP contribution in [0.5, 0.6) is 0 Å². The molecule has 7 nitrogen and oxygen atoms in total. The number of non-ortho nitro benzene ring substituents is 1. The molecule has 0 atom stereocenters. The molecule has 0 bridgehead atoms. The van der Waals surface area contributed by atoms with Crippen LogP contribution in [0.4, 0.5) is 14.5 Å². The lowest BCUT2D eigenvalue weighted by Gasteiger charge is -2.21. The van der Waals surface area contributed by atoms with E-state index in [4.69, 9.17) is 4.74 Å². The Bertz CT molecular complexity index is 717. The monoisotopic (exact) mass is 327 g/mol. The summed E-state index contributed by atoms with van der Waals surface area (Å²) in [5.41, 5.74) is 0.451. The summed E-state index contributed by atoms with van der Waals surface area (Å²) >= 11 is 0. The minimum Gasteiger partial charge on any atom is -0.383 e. The number of fused-ring (bicyclic) bond motifs is 1. The highest BCUT2D eigenvalue weighted by molar-refractivity contribution is 6.07. The van der Waals surface area contributed by atoms with Crippen molar-refractivity contribution in [3.63, 3.8) is 0 Å². The number of carbonyl (C=O) groups excluding carboxylic acids is 1. The van der Waals surface area contributed by atoms with Crippen molar-refractivity contribution in [1.82, 2.24) is 9.88 Å². The van der Waals surface area contributed by atoms with Gasteiger partial charge in [-0.3, -0.25) is 14.9 Å². The van der Waals surface area contributed by atoms with Crippen molar-refractivity contribution in [2.45, 2.75) is 6.43 Å². The van der Waals surface area contributed by atoms with E-state index >= 15 is 0 Å². The fourth-order valence-corrected chi connectivity index (χ4v) is 2.21. The predicted molar refractivity (Wildman–Crippen MR) is 78.7 cm³/mol. The summed E-state index contributed by atoms with van der Waals surface area (Å²) in [6.45, 7) is -0.619. The third-order valence-electron chi connectivity index (χ3n) is 3.32. The van der Waals surface area contributed by atoms with E-state index < -0.39 is 23.8 Å². The van der Waals surface area contributed by atoms with Gasteiger partial charge < -0.3 is 14.6 Å². The van der Waals surface area contributed by atoms with E-state index in [1.165, 1.54) is 31.5 Å². The molecule has 0 saturated carbocycles. The van der Waals surface area contributed by atoms with Crippen molar-refractivity contribution in [1.29, 1.82) is 0 Å². The summed E-state index contributed by atoms with van der Waals surface area (Å²) in [7, 11) is 1.40. The molecule has 23 heavy (non-hydrogen) atoms. The van der Waals surface area contributed by atoms with Crippen LogP contribution in [0, 0.1) is 10.1 Å². The third-order valence-corrected chi connectivity index (χ3v) is 3.32. The lowest BCUT2D eigenvalue weighted by Crippen LogP contribution is -2.37. The molecule has 2 aromatic rings. The van der Waals surface area contributed by atoms with Crippen LogP contribution in [0.15, 0.2) is 24.4 Å². The summed E-state index contributed by atoms with van der Waals surface area (Å²) in [5.74, 6) is -0.630. The number of ether oxygens (including phenoxy) is 1. The van der Waals surface area contributed by atoms with Gasteiger partial charge in [-0.25, -0.2) is 8.78 Å². The van der Waals surface area contributed by atoms with Gasteiger partial charge >= 0.3 is 0 Å². The quantitative estimate of drug-likeness (QED) is 0.625. The number of alkyl halides is 2. The van der Waals surface area contributed by atoms with E-state index in [1.54, 1.807) is 0 Å². The summed E-state index contributed by atoms with van der Waals surface area (Å²) < 4.78 is 30.2. The molecule has 2 rings (SSSR count). The van der Waals surface area contributed by atoms with Gasteiger partial charge in [0.25, 0.3) is 18.0 Å². The Morgan fingerprint density at radius 1 is 1.48 bits per heavy atom. The van der Waals surface area contributed by atoms with E-state index in [1.807, 2.05) is 0 Å². The Kier molecular flexibility index (Phi) is 5.22. The number of halogens is 2. The minimum atomic E-state index is -2.68. The second-order valence-electron chi connectivity index (χ2n) is 4.82. The average Bonchev–Trinajstić information content (AvgIpc) is 2.93. The van der Waals surface area contributed by atoms with Gasteiger partial charge in [0.05, 0.1) is 23.6 Å². The van der Waals surface area contributed by atoms with Gasteiger partial charge in [0, 0.05) is 42.9 Å². The number of benzene rings is 1. The molecule has 0 spiro atoms. The number of nitro benzene ring substituents is 1. The number of carbonyl (C=O) groups is 1. The number of hydrogen-bond donors (Lipinski definition) is 1. The van der Waals surface area contributed by atoms with Crippen molar-refractivity contribution in [3.8, 4) is 0 Å². The molecule has 0 radical (unpaired) electrons. The maximum Gasteiger partial charge on any atom is 0.270 e. The fourth-order valence-electron chi connectivity index (χ4n) is 2.21. The molecule has 124 valence electrons. The number of rotatable bonds is 7. The molecular weight excluding hydrogens is 312 g/mol. The first-order chi connectivity index (χ1) is 10.9. The molecule has 1 N–H and O–H groups in total. The number of aromatic nitrogens is 1. The summed E-state index contributed by atoms with van der Waals surface area (Å²) in [4.78, 5) is 26.5. The zero-order chi connectivity index (χ0) is 17.0. The topological polar surface area (TPSA) is 88.5 Å². The van der Waals surface area contributed by atoms with Gasteiger partial charge in [-0.05, 0) is 6.07 Å². The lowest BCUT2D eigenvalue weighted by atomic mass is 10.1. The van der Waals surface area contributed by atoms with Crippen molar-refractivity contribution < 1.29 is 23.2 Å². The van der Waals surface area contributed by atoms with Gasteiger partial charge in [0.1, 0.15) is 0 Å². The smallest absolute Gasteiger partial charge is 0.270 e. The first-order valence-corrected chi connectivity index (χ1v) is 6.76. The molecule has 0 unspecified atom stereocenters. The maximum absolute atomic E-state index is 12.7. The minimum absolute atomic E-state index is 0.00126. The standard InChI is InChI=1S/C14H15F2N3O4/c1-23-5-4-18(8-13(15)16)14(20)11-7-17-12-3-2-9(19(21)22)6-10(11)12/h2-3,6-7,13,17H,4-5,8H2,1H3. The fraction of sp³-hybridized carbons (Fsp3) is 0.357. The number of amides is 1. The Hall–Kier alpha value is -2.55. The number of methoxy groups -OCH3 is 1. The number of nitro groups is 1. The highest BCUT2D eigenvalue weighted by atomic mass is 19.3. The van der Waals surface area contributed by atoms with Crippen molar-refractivity contribution >= 4 is 22.5 Å². The maximum atomic E-state index is 12.7. The van der Waals surface area contributed by atoms with Gasteiger partial charge in [-0.15, -0.1) is 0 Å². The first-order valence-electron chi connectivity index (χ1n) is 6.76. The SMILES string of the molecule is COCCN(CC(F)F)C(=O)c1c[nH]c2ccc([N+](=O)[O-])cc12. The lowest BCUT2D eigenvalue weighted by molar-refractivity contribution is -0.384. The highest BCUT2D eigenvalue weighted by Gasteiger charge is 2.23. The van der Waals surface area contributed by atoms with Crippen LogP contribution in [0.25, 0.3) is 10.9 Å². The molecule has 0 aliphatic carbocycles. The summed E-state index contributed by atoms with van der Waals surface area (Å²) in [6.07, 6.45) is -1.32. The molecule has 1 aromatic heterocycles. The molecule has 0 aliphatic rings. The zero-order valence-corrected chi connectivity index (χ0v) is 12.3. The van der Waals surface area contributed by atoms with E-state index in [-0.39, 0.29) is 24.4 Å². The van der Waals surface area contributed by atoms with E-state index in [2.05, 4.69) is 4.98 Å². The molecule has 0 fully saturated rings. The molecule has 0 aliphatic heterocycles. The van der Waals surface area contributed by atoms with Crippen LogP contribution in [0.3, 0.4) is 0 Å². The molecule has 0 saturated heterocycles. The predicted octanol–water partition coefficient (Wildman–Crippen LogP) is 2.43. The summed E-state index contributed by atoms with van der Waals surface area (Å²) in [6, 6.07) is 4.02. The van der Waals surface area contributed by atoms with Crippen molar-refractivity contribution in [2.75, 3.05) is 26.8 Å². The third kappa shape index (κ3) is 3.81. The van der Waals surface area contributed by atoms with Crippen LogP contribution in [0.2, 0.25) is 0 Å². The first kappa shape index (κ1) is 16.8. The largest absolute Gasteiger partial charge is 0.383 e. The molecule has 9 heteroatoms. The van der Waals surface area contributed by atoms with Crippen LogP contribution in [0.1, 0.15) is 10.4 Å². The Morgan fingerprint density at radius 3 is 2.83 bits per heavy atom. The summed E-state index contributed by atoms with van der Waals surface area (Å²) in [5, 5.41) is 11.2. The van der Waals surface area contributed by atoms with Gasteiger partial charge in [-0.1, -0.05) is 0 Å². The van der Waals surface area contributed by atoms with Crippen LogP contribution in [-0.4, -0.2) is 53.9 Å². The van der Waals surface area contributed by atoms with Gasteiger partial charge in [0.15, 0.2) is 0 Å². The zero-order valence-electron chi connectivity index (χ0n) is 12.3. The van der Waals surface area contributed by atoms with Crippen LogP contribution < -0.4 is 0 Å². The van der Waals surface area contributed by atoms with Crippen LogP contribution in [-0.2, 0) is 4.74 Å². The van der Waals surface area contributed by atoms with E-state index in [0.29, 0.717) is 10.9 Å². The van der Waals surface area contributed by atoms with Gasteiger partial charge in [0.2, 0.25) is 0 Å². The average molecular weight is 327 g/mol. The molecule has 1 heterocycles. The van der Waals surface area contributed by atoms with Crippen molar-refractivity contribution in [3.05, 3.63) is 40.1 Å². The van der Waals surface area contributed by atoms with Crippen LogP contribution >= 0.6 is 0 Å². The van der Waals surface area contributed by atoms with Gasteiger partial charge in [-0.2, -0.15) is 0 Å². The number of hydrogen-bond acceptors (Lipinski definition) is 4. The number of H-pyrrole nitrogens is 1. The Labute approximate surface area is 130 Å². The highest BCUT2D eigenvalue weighted by Crippen LogP contribution is 2.24. The second kappa shape index (κ2) is 7.14. The second-order valence-corrected chi connectivity index (χ2v) is 4.82. The molecule has 1 amide bonds.